The zero-order valence-electron chi connectivity index (χ0n) is 10.0. The Morgan fingerprint density at radius 3 is 3.00 bits per heavy atom. The summed E-state index contributed by atoms with van der Waals surface area (Å²) >= 11 is 3.39. The highest BCUT2D eigenvalue weighted by Crippen LogP contribution is 2.20. The minimum Gasteiger partial charge on any atom is -0.396 e. The first-order valence-electron chi connectivity index (χ1n) is 5.80. The molecule has 0 saturated carbocycles. The Morgan fingerprint density at radius 2 is 2.28 bits per heavy atom. The Balaban J connectivity index is 2.18. The van der Waals surface area contributed by atoms with Gasteiger partial charge in [-0.25, -0.2) is 0 Å². The molecule has 1 unspecified atom stereocenters. The molecule has 0 fully saturated rings. The Labute approximate surface area is 114 Å². The summed E-state index contributed by atoms with van der Waals surface area (Å²) in [6.07, 6.45) is 0.553. The fourth-order valence-corrected chi connectivity index (χ4v) is 2.15. The molecule has 0 spiro atoms. The number of rotatable bonds is 4. The molecule has 1 atom stereocenters. The van der Waals surface area contributed by atoms with Crippen LogP contribution in [0.5, 0.6) is 0 Å². The van der Waals surface area contributed by atoms with Crippen molar-refractivity contribution in [3.8, 4) is 0 Å². The number of H-pyrrole nitrogens is 1. The van der Waals surface area contributed by atoms with Crippen molar-refractivity contribution in [3.05, 3.63) is 34.4 Å². The molecule has 0 aliphatic heterocycles. The van der Waals surface area contributed by atoms with E-state index in [2.05, 4.69) is 26.2 Å². The van der Waals surface area contributed by atoms with Gasteiger partial charge in [0.2, 0.25) is 0 Å². The highest BCUT2D eigenvalue weighted by Gasteiger charge is 2.12. The number of amides is 1. The molecule has 0 aliphatic carbocycles. The van der Waals surface area contributed by atoms with Gasteiger partial charge < -0.3 is 15.4 Å². The zero-order valence-corrected chi connectivity index (χ0v) is 11.6. The van der Waals surface area contributed by atoms with Gasteiger partial charge in [0.05, 0.1) is 0 Å². The van der Waals surface area contributed by atoms with Crippen molar-refractivity contribution in [2.24, 2.45) is 0 Å². The highest BCUT2D eigenvalue weighted by molar-refractivity contribution is 9.10. The van der Waals surface area contributed by atoms with Crippen LogP contribution < -0.4 is 5.32 Å². The summed E-state index contributed by atoms with van der Waals surface area (Å²) in [5, 5.41) is 12.6. The predicted molar refractivity (Wildman–Crippen MR) is 74.6 cm³/mol. The Kier molecular flexibility index (Phi) is 4.04. The van der Waals surface area contributed by atoms with Gasteiger partial charge in [-0.1, -0.05) is 22.0 Å². The summed E-state index contributed by atoms with van der Waals surface area (Å²) < 4.78 is 0.970. The van der Waals surface area contributed by atoms with Crippen molar-refractivity contribution >= 4 is 32.7 Å². The number of aliphatic hydroxyl groups is 1. The largest absolute Gasteiger partial charge is 0.396 e. The minimum absolute atomic E-state index is 0.0411. The van der Waals surface area contributed by atoms with E-state index in [0.717, 1.165) is 15.4 Å². The Bertz CT molecular complexity index is 565. The van der Waals surface area contributed by atoms with Crippen molar-refractivity contribution < 1.29 is 9.90 Å². The number of carbonyl (C=O) groups excluding carboxylic acids is 1. The SMILES string of the molecule is CC(CCO)NC(=O)c1cc2ccc(Br)cc2[nH]1. The van der Waals surface area contributed by atoms with E-state index in [1.54, 1.807) is 0 Å². The van der Waals surface area contributed by atoms with E-state index in [9.17, 15) is 4.79 Å². The van der Waals surface area contributed by atoms with Crippen LogP contribution in [0.4, 0.5) is 0 Å². The van der Waals surface area contributed by atoms with E-state index in [-0.39, 0.29) is 18.6 Å². The van der Waals surface area contributed by atoms with Crippen molar-refractivity contribution in [3.63, 3.8) is 0 Å². The van der Waals surface area contributed by atoms with Crippen LogP contribution in [-0.2, 0) is 0 Å². The maximum Gasteiger partial charge on any atom is 0.267 e. The van der Waals surface area contributed by atoms with Crippen molar-refractivity contribution in [1.29, 1.82) is 0 Å². The lowest BCUT2D eigenvalue weighted by molar-refractivity contribution is 0.0930. The number of hydrogen-bond donors (Lipinski definition) is 3. The average Bonchev–Trinajstić information content (AvgIpc) is 2.72. The van der Waals surface area contributed by atoms with Gasteiger partial charge in [-0.15, -0.1) is 0 Å². The van der Waals surface area contributed by atoms with Crippen LogP contribution in [-0.4, -0.2) is 28.6 Å². The third-order valence-corrected chi connectivity index (χ3v) is 3.26. The monoisotopic (exact) mass is 310 g/mol. The summed E-state index contributed by atoms with van der Waals surface area (Å²) in [6.45, 7) is 1.94. The topological polar surface area (TPSA) is 65.1 Å². The lowest BCUT2D eigenvalue weighted by Crippen LogP contribution is -2.33. The van der Waals surface area contributed by atoms with E-state index in [0.29, 0.717) is 12.1 Å². The van der Waals surface area contributed by atoms with Crippen LogP contribution in [0, 0.1) is 0 Å². The first kappa shape index (κ1) is 13.1. The number of nitrogens with one attached hydrogen (secondary N) is 2. The van der Waals surface area contributed by atoms with Crippen molar-refractivity contribution in [2.75, 3.05) is 6.61 Å². The summed E-state index contributed by atoms with van der Waals surface area (Å²) in [5.74, 6) is -0.150. The maximum absolute atomic E-state index is 11.9. The molecule has 4 nitrogen and oxygen atoms in total. The summed E-state index contributed by atoms with van der Waals surface area (Å²) in [4.78, 5) is 15.0. The molecule has 2 rings (SSSR count). The normalized spacial score (nSPS) is 12.6. The summed E-state index contributed by atoms with van der Waals surface area (Å²) in [6, 6.07) is 7.60. The zero-order chi connectivity index (χ0) is 13.1. The van der Waals surface area contributed by atoms with E-state index >= 15 is 0 Å². The smallest absolute Gasteiger partial charge is 0.267 e. The number of aromatic amines is 1. The molecule has 5 heteroatoms. The van der Waals surface area contributed by atoms with Crippen LogP contribution in [0.1, 0.15) is 23.8 Å². The molecule has 1 heterocycles. The van der Waals surface area contributed by atoms with Gasteiger partial charge in [0.1, 0.15) is 5.69 Å². The number of halogens is 1. The second-order valence-corrected chi connectivity index (χ2v) is 5.22. The van der Waals surface area contributed by atoms with Crippen LogP contribution in [0.2, 0.25) is 0 Å². The van der Waals surface area contributed by atoms with Crippen molar-refractivity contribution in [1.82, 2.24) is 10.3 Å². The van der Waals surface area contributed by atoms with Crippen LogP contribution in [0.25, 0.3) is 10.9 Å². The molecule has 1 aromatic carbocycles. The average molecular weight is 311 g/mol. The summed E-state index contributed by atoms with van der Waals surface area (Å²) in [5.41, 5.74) is 1.46. The molecule has 2 aromatic rings. The number of benzene rings is 1. The second-order valence-electron chi connectivity index (χ2n) is 4.30. The first-order chi connectivity index (χ1) is 8.60. The highest BCUT2D eigenvalue weighted by atomic mass is 79.9. The number of carbonyl (C=O) groups is 1. The van der Waals surface area contributed by atoms with Crippen LogP contribution >= 0.6 is 15.9 Å². The molecule has 1 amide bonds. The molecule has 0 bridgehead atoms. The number of hydrogen-bond acceptors (Lipinski definition) is 2. The van der Waals surface area contributed by atoms with Crippen LogP contribution in [0.3, 0.4) is 0 Å². The molecular weight excluding hydrogens is 296 g/mol. The minimum atomic E-state index is -0.150. The molecule has 0 saturated heterocycles. The lowest BCUT2D eigenvalue weighted by Gasteiger charge is -2.11. The fraction of sp³-hybridized carbons (Fsp3) is 0.308. The van der Waals surface area contributed by atoms with Gasteiger partial charge >= 0.3 is 0 Å². The van der Waals surface area contributed by atoms with Gasteiger partial charge in [-0.05, 0) is 31.5 Å². The maximum atomic E-state index is 11.9. The third kappa shape index (κ3) is 2.91. The molecule has 96 valence electrons. The third-order valence-electron chi connectivity index (χ3n) is 2.77. The standard InChI is InChI=1S/C13H15BrN2O2/c1-8(4-5-17)15-13(18)12-6-9-2-3-10(14)7-11(9)16-12/h2-3,6-8,16-17H,4-5H2,1H3,(H,15,18). The fourth-order valence-electron chi connectivity index (χ4n) is 1.79. The molecular formula is C13H15BrN2O2. The van der Waals surface area contributed by atoms with E-state index < -0.39 is 0 Å². The van der Waals surface area contributed by atoms with E-state index in [4.69, 9.17) is 5.11 Å². The van der Waals surface area contributed by atoms with E-state index in [1.807, 2.05) is 31.2 Å². The molecule has 0 radical (unpaired) electrons. The van der Waals surface area contributed by atoms with Gasteiger partial charge in [0.15, 0.2) is 0 Å². The quantitative estimate of drug-likeness (QED) is 0.812. The van der Waals surface area contributed by atoms with Crippen molar-refractivity contribution in [2.45, 2.75) is 19.4 Å². The van der Waals surface area contributed by atoms with Gasteiger partial charge in [0, 0.05) is 28.0 Å². The predicted octanol–water partition coefficient (Wildman–Crippen LogP) is 2.43. The summed E-state index contributed by atoms with van der Waals surface area (Å²) in [7, 11) is 0. The van der Waals surface area contributed by atoms with Gasteiger partial charge in [-0.3, -0.25) is 4.79 Å². The first-order valence-corrected chi connectivity index (χ1v) is 6.59. The van der Waals surface area contributed by atoms with Crippen LogP contribution in [0.15, 0.2) is 28.7 Å². The number of aliphatic hydroxyl groups excluding tert-OH is 1. The van der Waals surface area contributed by atoms with E-state index in [1.165, 1.54) is 0 Å². The Morgan fingerprint density at radius 1 is 1.50 bits per heavy atom. The van der Waals surface area contributed by atoms with Gasteiger partial charge in [-0.2, -0.15) is 0 Å². The molecule has 18 heavy (non-hydrogen) atoms. The molecule has 0 aliphatic rings. The van der Waals surface area contributed by atoms with Gasteiger partial charge in [0.25, 0.3) is 5.91 Å². The number of aromatic nitrogens is 1. The molecule has 1 aromatic heterocycles. The Hall–Kier alpha value is -1.33. The molecule has 3 N–H and O–H groups in total. The second kappa shape index (κ2) is 5.54. The number of fused-ring (bicyclic) bond motifs is 1. The lowest BCUT2D eigenvalue weighted by atomic mass is 10.2.